The minimum Gasteiger partial charge on any atom is -0.465 e. The summed E-state index contributed by atoms with van der Waals surface area (Å²) in [5, 5.41) is 4.02. The van der Waals surface area contributed by atoms with Crippen molar-refractivity contribution in [2.45, 2.75) is 6.42 Å². The van der Waals surface area contributed by atoms with Gasteiger partial charge in [0.1, 0.15) is 0 Å². The van der Waals surface area contributed by atoms with Gasteiger partial charge in [0.2, 0.25) is 0 Å². The topological polar surface area (TPSA) is 43.4 Å². The van der Waals surface area contributed by atoms with Crippen molar-refractivity contribution in [3.8, 4) is 11.1 Å². The Hall–Kier alpha value is -3.37. The van der Waals surface area contributed by atoms with Crippen LogP contribution in [0, 0.1) is 0 Å². The van der Waals surface area contributed by atoms with Gasteiger partial charge in [-0.2, -0.15) is 0 Å². The van der Waals surface area contributed by atoms with E-state index in [-0.39, 0.29) is 11.8 Å². The van der Waals surface area contributed by atoms with Crippen LogP contribution in [0.5, 0.6) is 0 Å². The highest BCUT2D eigenvalue weighted by Gasteiger charge is 2.33. The molecule has 6 rings (SSSR count). The van der Waals surface area contributed by atoms with Crippen LogP contribution < -0.4 is 0 Å². The van der Waals surface area contributed by atoms with E-state index in [9.17, 15) is 9.59 Å². The fourth-order valence-electron chi connectivity index (χ4n) is 4.96. The van der Waals surface area contributed by atoms with Crippen molar-refractivity contribution in [2.24, 2.45) is 0 Å². The number of carbonyl (C=O) groups excluding carboxylic acids is 2. The number of carbonyl (C=O) groups is 2. The lowest BCUT2D eigenvalue weighted by atomic mass is 9.81. The summed E-state index contributed by atoms with van der Waals surface area (Å²) in [7, 11) is 1.42. The second-order valence-electron chi connectivity index (χ2n) is 7.89. The van der Waals surface area contributed by atoms with Gasteiger partial charge in [0.15, 0.2) is 5.78 Å². The molecule has 0 N–H and O–H groups in total. The van der Waals surface area contributed by atoms with Gasteiger partial charge in [-0.15, -0.1) is 11.8 Å². The van der Waals surface area contributed by atoms with Crippen LogP contribution in [0.4, 0.5) is 0 Å². The van der Waals surface area contributed by atoms with E-state index in [1.165, 1.54) is 7.11 Å². The normalized spacial score (nSPS) is 14.9. The Balaban J connectivity index is 1.79. The Morgan fingerprint density at radius 1 is 0.903 bits per heavy atom. The van der Waals surface area contributed by atoms with Crippen LogP contribution in [0.25, 0.3) is 38.2 Å². The number of allylic oxidation sites excluding steroid dienone is 2. The maximum atomic E-state index is 13.1. The average molecular weight is 423 g/mol. The fourth-order valence-corrected chi connectivity index (χ4v) is 6.04. The van der Waals surface area contributed by atoms with Gasteiger partial charge < -0.3 is 4.74 Å². The molecule has 0 fully saturated rings. The molecule has 4 heteroatoms. The van der Waals surface area contributed by atoms with Gasteiger partial charge in [0.25, 0.3) is 0 Å². The summed E-state index contributed by atoms with van der Waals surface area (Å²) >= 11 is 1.64. The van der Waals surface area contributed by atoms with Gasteiger partial charge in [-0.1, -0.05) is 60.7 Å². The molecule has 4 aromatic rings. The summed E-state index contributed by atoms with van der Waals surface area (Å²) in [5.74, 6) is 0.298. The predicted octanol–water partition coefficient (Wildman–Crippen LogP) is 6.03. The number of hydrogen-bond acceptors (Lipinski definition) is 4. The second kappa shape index (κ2) is 6.82. The molecule has 1 heterocycles. The van der Waals surface area contributed by atoms with Gasteiger partial charge in [0.05, 0.1) is 18.4 Å². The minimum absolute atomic E-state index is 0.172. The predicted molar refractivity (Wildman–Crippen MR) is 126 cm³/mol. The van der Waals surface area contributed by atoms with Gasteiger partial charge in [0, 0.05) is 16.9 Å². The Labute approximate surface area is 183 Å². The Kier molecular flexibility index (Phi) is 4.05. The van der Waals surface area contributed by atoms with E-state index in [0.717, 1.165) is 60.7 Å². The number of thioether (sulfide) groups is 1. The first-order chi connectivity index (χ1) is 15.2. The van der Waals surface area contributed by atoms with Crippen molar-refractivity contribution < 1.29 is 14.3 Å². The van der Waals surface area contributed by atoms with E-state index in [1.54, 1.807) is 11.8 Å². The maximum absolute atomic E-state index is 13.1. The molecule has 0 unspecified atom stereocenters. The van der Waals surface area contributed by atoms with Crippen LogP contribution in [0.15, 0.2) is 71.6 Å². The third kappa shape index (κ3) is 2.61. The average Bonchev–Trinajstić information content (AvgIpc) is 3.18. The number of esters is 1. The van der Waals surface area contributed by atoms with E-state index < -0.39 is 0 Å². The first-order valence-electron chi connectivity index (χ1n) is 10.2. The summed E-state index contributed by atoms with van der Waals surface area (Å²) < 4.78 is 5.24. The quantitative estimate of drug-likeness (QED) is 0.370. The van der Waals surface area contributed by atoms with Crippen molar-refractivity contribution in [2.75, 3.05) is 12.9 Å². The maximum Gasteiger partial charge on any atom is 0.339 e. The summed E-state index contributed by atoms with van der Waals surface area (Å²) in [6.45, 7) is 0. The number of ether oxygens (including phenoxy) is 1. The molecule has 0 amide bonds. The van der Waals surface area contributed by atoms with Gasteiger partial charge >= 0.3 is 5.97 Å². The number of methoxy groups -OCH3 is 1. The summed E-state index contributed by atoms with van der Waals surface area (Å²) in [6.07, 6.45) is 0.740. The van der Waals surface area contributed by atoms with Crippen molar-refractivity contribution in [3.63, 3.8) is 0 Å². The summed E-state index contributed by atoms with van der Waals surface area (Å²) in [4.78, 5) is 27.0. The highest BCUT2D eigenvalue weighted by molar-refractivity contribution is 8.04. The molecular weight excluding hydrogens is 404 g/mol. The zero-order valence-electron chi connectivity index (χ0n) is 16.9. The Morgan fingerprint density at radius 2 is 1.68 bits per heavy atom. The van der Waals surface area contributed by atoms with Crippen LogP contribution in [0.2, 0.25) is 0 Å². The third-order valence-electron chi connectivity index (χ3n) is 6.27. The lowest BCUT2D eigenvalue weighted by molar-refractivity contribution is -0.111. The number of fused-ring (bicyclic) bond motifs is 2. The molecule has 1 aliphatic heterocycles. The first kappa shape index (κ1) is 18.4. The molecule has 3 nitrogen and oxygen atoms in total. The van der Waals surface area contributed by atoms with E-state index in [0.29, 0.717) is 11.3 Å². The van der Waals surface area contributed by atoms with Crippen LogP contribution in [-0.2, 0) is 16.0 Å². The third-order valence-corrected chi connectivity index (χ3v) is 7.38. The molecule has 1 aliphatic carbocycles. The van der Waals surface area contributed by atoms with Crippen LogP contribution in [0.1, 0.15) is 21.5 Å². The van der Waals surface area contributed by atoms with E-state index in [1.807, 2.05) is 42.5 Å². The molecule has 0 aromatic heterocycles. The Morgan fingerprint density at radius 3 is 2.55 bits per heavy atom. The SMILES string of the molecule is COC(=O)c1c(-c2cccc3ccccc23)cc2c3c(cccc13)CC1=C2C(=O)CS1. The molecular formula is C27H18O3S. The summed E-state index contributed by atoms with van der Waals surface area (Å²) in [6, 6.07) is 22.4. The fraction of sp³-hybridized carbons (Fsp3) is 0.111. The van der Waals surface area contributed by atoms with Gasteiger partial charge in [-0.3, -0.25) is 4.79 Å². The zero-order chi connectivity index (χ0) is 21.1. The van der Waals surface area contributed by atoms with Crippen molar-refractivity contribution in [1.29, 1.82) is 0 Å². The molecule has 0 saturated carbocycles. The highest BCUT2D eigenvalue weighted by atomic mass is 32.2. The highest BCUT2D eigenvalue weighted by Crippen LogP contribution is 2.48. The molecule has 0 spiro atoms. The van der Waals surface area contributed by atoms with Crippen LogP contribution in [-0.4, -0.2) is 24.6 Å². The van der Waals surface area contributed by atoms with Gasteiger partial charge in [-0.25, -0.2) is 4.79 Å². The summed E-state index contributed by atoms with van der Waals surface area (Å²) in [5.41, 5.74) is 5.25. The van der Waals surface area contributed by atoms with Crippen LogP contribution in [0.3, 0.4) is 0 Å². The number of hydrogen-bond donors (Lipinski definition) is 0. The lowest BCUT2D eigenvalue weighted by Gasteiger charge is -2.23. The second-order valence-corrected chi connectivity index (χ2v) is 8.96. The van der Waals surface area contributed by atoms with E-state index in [2.05, 4.69) is 24.3 Å². The smallest absolute Gasteiger partial charge is 0.339 e. The zero-order valence-corrected chi connectivity index (χ0v) is 17.7. The van der Waals surface area contributed by atoms with Crippen molar-refractivity contribution in [3.05, 3.63) is 88.3 Å². The van der Waals surface area contributed by atoms with Gasteiger partial charge in [-0.05, 0) is 49.9 Å². The number of rotatable bonds is 2. The lowest BCUT2D eigenvalue weighted by Crippen LogP contribution is -2.11. The molecule has 0 radical (unpaired) electrons. The van der Waals surface area contributed by atoms with Crippen molar-refractivity contribution in [1.82, 2.24) is 0 Å². The molecule has 0 bridgehead atoms. The van der Waals surface area contributed by atoms with E-state index in [4.69, 9.17) is 4.74 Å². The van der Waals surface area contributed by atoms with Crippen LogP contribution >= 0.6 is 11.8 Å². The number of benzene rings is 4. The largest absolute Gasteiger partial charge is 0.465 e. The first-order valence-corrected chi connectivity index (χ1v) is 11.2. The molecule has 4 aromatic carbocycles. The molecule has 150 valence electrons. The standard InChI is InChI=1S/C27H18O3S/c1-30-27(29)25-19-11-5-8-16-12-23-26(22(28)14-31-23)21(24(16)19)13-20(25)18-10-4-7-15-6-2-3-9-17(15)18/h2-11,13H,12,14H2,1H3. The minimum atomic E-state index is -0.362. The molecule has 31 heavy (non-hydrogen) atoms. The van der Waals surface area contributed by atoms with E-state index >= 15 is 0 Å². The molecule has 0 saturated heterocycles. The monoisotopic (exact) mass is 422 g/mol. The Bertz CT molecular complexity index is 1470. The molecule has 2 aliphatic rings. The van der Waals surface area contributed by atoms with Crippen molar-refractivity contribution >= 4 is 50.6 Å². The number of ketones is 1. The number of Topliss-reactive ketones (excluding diaryl/α,β-unsaturated/α-hetero) is 1. The molecule has 0 atom stereocenters.